The van der Waals surface area contributed by atoms with Crippen molar-refractivity contribution in [3.8, 4) is 0 Å². The molecule has 0 aromatic heterocycles. The van der Waals surface area contributed by atoms with Crippen LogP contribution in [0.1, 0.15) is 85.0 Å². The van der Waals surface area contributed by atoms with E-state index in [-0.39, 0.29) is 35.6 Å². The number of ether oxygens (including phenoxy) is 1. The lowest BCUT2D eigenvalue weighted by Gasteiger charge is -2.61. The fourth-order valence-electron chi connectivity index (χ4n) is 8.66. The maximum Gasteiger partial charge on any atom is 0.146 e. The molecule has 4 nitrogen and oxygen atoms in total. The van der Waals surface area contributed by atoms with Crippen LogP contribution in [-0.4, -0.2) is 52.9 Å². The number of carbonyl (C=O) groups excluding carboxylic acids is 1. The Morgan fingerprint density at radius 2 is 1.88 bits per heavy atom. The molecule has 4 fully saturated rings. The first-order valence-corrected chi connectivity index (χ1v) is 14.5. The minimum Gasteiger partial charge on any atom is -0.396 e. The number of hydrogen-bond donors (Lipinski definition) is 2. The summed E-state index contributed by atoms with van der Waals surface area (Å²) in [5.74, 6) is 4.94. The van der Waals surface area contributed by atoms with Gasteiger partial charge < -0.3 is 14.9 Å². The van der Waals surface area contributed by atoms with Gasteiger partial charge in [0.25, 0.3) is 0 Å². The van der Waals surface area contributed by atoms with Gasteiger partial charge in [0.05, 0.1) is 18.0 Å². The molecule has 0 amide bonds. The maximum atomic E-state index is 13.2. The highest BCUT2D eigenvalue weighted by atomic mass is 32.2. The Morgan fingerprint density at radius 3 is 2.62 bits per heavy atom. The van der Waals surface area contributed by atoms with E-state index < -0.39 is 0 Å². The fourth-order valence-corrected chi connectivity index (χ4v) is 9.54. The number of thioether (sulfide) groups is 1. The second-order valence-electron chi connectivity index (χ2n) is 11.8. The van der Waals surface area contributed by atoms with Gasteiger partial charge in [0.1, 0.15) is 5.78 Å². The molecule has 4 saturated carbocycles. The van der Waals surface area contributed by atoms with Crippen molar-refractivity contribution >= 4 is 17.5 Å². The molecule has 0 unspecified atom stereocenters. The first-order chi connectivity index (χ1) is 15.3. The molecule has 0 heterocycles. The van der Waals surface area contributed by atoms with Gasteiger partial charge in [-0.15, -0.1) is 0 Å². The Morgan fingerprint density at radius 1 is 1.09 bits per heavy atom. The van der Waals surface area contributed by atoms with E-state index in [1.165, 1.54) is 32.1 Å². The molecule has 4 rings (SSSR count). The topological polar surface area (TPSA) is 66.8 Å². The molecule has 184 valence electrons. The van der Waals surface area contributed by atoms with Crippen LogP contribution in [0.3, 0.4) is 0 Å². The number of carbonyl (C=O) groups is 1. The van der Waals surface area contributed by atoms with Crippen LogP contribution >= 0.6 is 11.8 Å². The number of aliphatic hydroxyl groups excluding tert-OH is 2. The summed E-state index contributed by atoms with van der Waals surface area (Å²) in [7, 11) is 0. The summed E-state index contributed by atoms with van der Waals surface area (Å²) in [6, 6.07) is 0. The molecule has 9 atom stereocenters. The zero-order chi connectivity index (χ0) is 22.9. The van der Waals surface area contributed by atoms with Crippen LogP contribution in [0.5, 0.6) is 0 Å². The zero-order valence-electron chi connectivity index (χ0n) is 20.6. The standard InChI is InChI=1S/C27H46O4S/c1-4-13-31-25-16-27(3)18(15-23(25)29)6-7-19-20-8-9-22(24(30)17-32-14-5-12-28)26(20,2)11-10-21(19)27/h18-23,25,28-29H,4-17H2,1-3H3/t18-,19-,20-,21-,22+,23-,25-,26-,27-/m0/s1. The molecule has 0 radical (unpaired) electrons. The van der Waals surface area contributed by atoms with Gasteiger partial charge in [-0.25, -0.2) is 0 Å². The van der Waals surface area contributed by atoms with Crippen molar-refractivity contribution < 1.29 is 19.7 Å². The summed E-state index contributed by atoms with van der Waals surface area (Å²) in [4.78, 5) is 13.2. The number of ketones is 1. The molecule has 5 heteroatoms. The average molecular weight is 467 g/mol. The predicted octanol–water partition coefficient (Wildman–Crippen LogP) is 5.10. The molecule has 4 aliphatic rings. The van der Waals surface area contributed by atoms with Crippen molar-refractivity contribution in [1.29, 1.82) is 0 Å². The summed E-state index contributed by atoms with van der Waals surface area (Å²) in [5.41, 5.74) is 0.440. The third kappa shape index (κ3) is 4.45. The highest BCUT2D eigenvalue weighted by molar-refractivity contribution is 7.99. The van der Waals surface area contributed by atoms with E-state index in [4.69, 9.17) is 9.84 Å². The number of fused-ring (bicyclic) bond motifs is 5. The minimum absolute atomic E-state index is 0.00268. The molecule has 4 aliphatic carbocycles. The van der Waals surface area contributed by atoms with E-state index in [1.807, 2.05) is 0 Å². The summed E-state index contributed by atoms with van der Waals surface area (Å²) in [5, 5.41) is 19.8. The van der Waals surface area contributed by atoms with Gasteiger partial charge in [-0.2, -0.15) is 11.8 Å². The number of aliphatic hydroxyl groups is 2. The Labute approximate surface area is 199 Å². The molecular weight excluding hydrogens is 420 g/mol. The molecule has 0 saturated heterocycles. The van der Waals surface area contributed by atoms with E-state index in [2.05, 4.69) is 20.8 Å². The van der Waals surface area contributed by atoms with Crippen LogP contribution in [0.25, 0.3) is 0 Å². The summed E-state index contributed by atoms with van der Waals surface area (Å²) >= 11 is 1.71. The summed E-state index contributed by atoms with van der Waals surface area (Å²) in [6.45, 7) is 8.06. The van der Waals surface area contributed by atoms with E-state index in [0.717, 1.165) is 50.4 Å². The lowest BCUT2D eigenvalue weighted by molar-refractivity contribution is -0.172. The first kappa shape index (κ1) is 25.0. The monoisotopic (exact) mass is 466 g/mol. The normalized spacial score (nSPS) is 45.7. The Hall–Kier alpha value is -0.100. The lowest BCUT2D eigenvalue weighted by atomic mass is 9.44. The van der Waals surface area contributed by atoms with E-state index >= 15 is 0 Å². The summed E-state index contributed by atoms with van der Waals surface area (Å²) < 4.78 is 6.14. The Bertz CT molecular complexity index is 656. The molecular formula is C27H46O4S. The Balaban J connectivity index is 1.46. The molecule has 0 bridgehead atoms. The molecule has 0 aromatic carbocycles. The van der Waals surface area contributed by atoms with Crippen molar-refractivity contribution in [3.63, 3.8) is 0 Å². The van der Waals surface area contributed by atoms with Gasteiger partial charge in [0.15, 0.2) is 0 Å². The smallest absolute Gasteiger partial charge is 0.146 e. The van der Waals surface area contributed by atoms with Crippen LogP contribution in [0.15, 0.2) is 0 Å². The SMILES string of the molecule is CCCO[C@H]1C[C@@]2(C)[C@@H](CC[C@@H]3[C@@H]2CC[C@]2(C)[C@@H](C(=O)CSCCCO)CC[C@@H]32)C[C@@H]1O. The first-order valence-electron chi connectivity index (χ1n) is 13.4. The number of Topliss-reactive ketones (excluding diaryl/α,β-unsaturated/α-hetero) is 1. The molecule has 0 spiro atoms. The van der Waals surface area contributed by atoms with Crippen molar-refractivity contribution in [2.24, 2.45) is 40.4 Å². The highest BCUT2D eigenvalue weighted by Crippen LogP contribution is 2.67. The van der Waals surface area contributed by atoms with Crippen molar-refractivity contribution in [2.45, 2.75) is 97.2 Å². The van der Waals surface area contributed by atoms with E-state index in [1.54, 1.807) is 11.8 Å². The average Bonchev–Trinajstić information content (AvgIpc) is 3.13. The second kappa shape index (κ2) is 10.3. The van der Waals surface area contributed by atoms with Gasteiger partial charge >= 0.3 is 0 Å². The lowest BCUT2D eigenvalue weighted by Crippen LogP contribution is -2.57. The van der Waals surface area contributed by atoms with Crippen LogP contribution < -0.4 is 0 Å². The van der Waals surface area contributed by atoms with Crippen LogP contribution in [0.2, 0.25) is 0 Å². The van der Waals surface area contributed by atoms with Gasteiger partial charge in [-0.1, -0.05) is 20.8 Å². The van der Waals surface area contributed by atoms with Gasteiger partial charge in [0.2, 0.25) is 0 Å². The largest absolute Gasteiger partial charge is 0.396 e. The quantitative estimate of drug-likeness (QED) is 0.463. The number of rotatable bonds is 9. The van der Waals surface area contributed by atoms with E-state index in [0.29, 0.717) is 29.3 Å². The second-order valence-corrected chi connectivity index (χ2v) is 12.9. The third-order valence-corrected chi connectivity index (χ3v) is 11.3. The van der Waals surface area contributed by atoms with Gasteiger partial charge in [-0.3, -0.25) is 4.79 Å². The molecule has 32 heavy (non-hydrogen) atoms. The molecule has 0 aliphatic heterocycles. The Kier molecular flexibility index (Phi) is 8.01. The van der Waals surface area contributed by atoms with Crippen LogP contribution in [-0.2, 0) is 9.53 Å². The van der Waals surface area contributed by atoms with Crippen molar-refractivity contribution in [2.75, 3.05) is 24.7 Å². The van der Waals surface area contributed by atoms with Crippen LogP contribution in [0, 0.1) is 40.4 Å². The van der Waals surface area contributed by atoms with Gasteiger partial charge in [0, 0.05) is 19.1 Å². The van der Waals surface area contributed by atoms with Crippen LogP contribution in [0.4, 0.5) is 0 Å². The highest BCUT2D eigenvalue weighted by Gasteiger charge is 2.62. The van der Waals surface area contributed by atoms with Crippen molar-refractivity contribution in [3.05, 3.63) is 0 Å². The third-order valence-electron chi connectivity index (χ3n) is 10.3. The predicted molar refractivity (Wildman–Crippen MR) is 131 cm³/mol. The van der Waals surface area contributed by atoms with Crippen molar-refractivity contribution in [1.82, 2.24) is 0 Å². The minimum atomic E-state index is -0.304. The van der Waals surface area contributed by atoms with E-state index in [9.17, 15) is 9.90 Å². The molecule has 2 N–H and O–H groups in total. The molecule has 0 aromatic rings. The summed E-state index contributed by atoms with van der Waals surface area (Å²) in [6.07, 6.45) is 10.6. The maximum absolute atomic E-state index is 13.2. The van der Waals surface area contributed by atoms with Gasteiger partial charge in [-0.05, 0) is 104 Å². The fraction of sp³-hybridized carbons (Fsp3) is 0.963. The zero-order valence-corrected chi connectivity index (χ0v) is 21.4. The number of hydrogen-bond acceptors (Lipinski definition) is 5.